The number of rotatable bonds is 6. The van der Waals surface area contributed by atoms with E-state index in [1.165, 1.54) is 0 Å². The molecule has 4 N–H and O–H groups in total. The van der Waals surface area contributed by atoms with Crippen molar-refractivity contribution in [1.29, 1.82) is 5.26 Å². The number of nitriles is 1. The van der Waals surface area contributed by atoms with Crippen molar-refractivity contribution in [1.82, 2.24) is 9.99 Å². The molecule has 1 saturated heterocycles. The van der Waals surface area contributed by atoms with Gasteiger partial charge in [-0.1, -0.05) is 49.0 Å². The van der Waals surface area contributed by atoms with Crippen molar-refractivity contribution in [3.05, 3.63) is 58.4 Å². The molecular formula is C21H23N7OS. The van der Waals surface area contributed by atoms with Gasteiger partial charge in [-0.15, -0.1) is 0 Å². The third kappa shape index (κ3) is 4.39. The molecular weight excluding hydrogens is 398 g/mol. The summed E-state index contributed by atoms with van der Waals surface area (Å²) in [4.78, 5) is 22.6. The SMILES string of the molecule is [C-]#[N+]c1c(N2CCN(N)CC2)nc(SC(C(N)=O)c2ccccc2)c(C#N)c1CC. The molecule has 0 saturated carbocycles. The van der Waals surface area contributed by atoms with E-state index < -0.39 is 11.2 Å². The normalized spacial score (nSPS) is 15.3. The minimum absolute atomic E-state index is 0.330. The predicted molar refractivity (Wildman–Crippen MR) is 117 cm³/mol. The van der Waals surface area contributed by atoms with E-state index in [0.717, 1.165) is 17.3 Å². The molecule has 3 rings (SSSR count). The molecule has 8 nitrogen and oxygen atoms in total. The number of nitrogens with two attached hydrogens (primary N) is 2. The lowest BCUT2D eigenvalue weighted by Gasteiger charge is -2.34. The molecule has 1 unspecified atom stereocenters. The summed E-state index contributed by atoms with van der Waals surface area (Å²) in [7, 11) is 0. The number of amides is 1. The predicted octanol–water partition coefficient (Wildman–Crippen LogP) is 2.38. The minimum Gasteiger partial charge on any atom is -0.368 e. The third-order valence-electron chi connectivity index (χ3n) is 5.00. The van der Waals surface area contributed by atoms with Crippen LogP contribution < -0.4 is 16.5 Å². The smallest absolute Gasteiger partial charge is 0.235 e. The van der Waals surface area contributed by atoms with Gasteiger partial charge in [0.05, 0.1) is 12.1 Å². The summed E-state index contributed by atoms with van der Waals surface area (Å²) < 4.78 is 0. The van der Waals surface area contributed by atoms with Crippen molar-refractivity contribution >= 4 is 29.2 Å². The number of hydrogen-bond donors (Lipinski definition) is 2. The fourth-order valence-electron chi connectivity index (χ4n) is 3.43. The van der Waals surface area contributed by atoms with E-state index >= 15 is 0 Å². The van der Waals surface area contributed by atoms with Crippen LogP contribution in [0.4, 0.5) is 11.5 Å². The maximum atomic E-state index is 12.2. The largest absolute Gasteiger partial charge is 0.368 e. The fraction of sp³-hybridized carbons (Fsp3) is 0.333. The zero-order valence-corrected chi connectivity index (χ0v) is 17.5. The van der Waals surface area contributed by atoms with Crippen LogP contribution in [-0.2, 0) is 11.2 Å². The van der Waals surface area contributed by atoms with Gasteiger partial charge in [-0.25, -0.2) is 14.8 Å². The molecule has 1 aliphatic heterocycles. The number of piperazine rings is 1. The first kappa shape index (κ1) is 21.6. The van der Waals surface area contributed by atoms with E-state index in [-0.39, 0.29) is 0 Å². The lowest BCUT2D eigenvalue weighted by molar-refractivity contribution is -0.117. The van der Waals surface area contributed by atoms with Gasteiger partial charge in [-0.05, 0) is 17.5 Å². The lowest BCUT2D eigenvalue weighted by Crippen LogP contribution is -2.49. The Hall–Kier alpha value is -3.11. The summed E-state index contributed by atoms with van der Waals surface area (Å²) in [5.74, 6) is 5.89. The number of carbonyl (C=O) groups is 1. The van der Waals surface area contributed by atoms with Crippen LogP contribution in [-0.4, -0.2) is 42.1 Å². The second-order valence-electron chi connectivity index (χ2n) is 6.85. The number of hydrazine groups is 1. The zero-order valence-electron chi connectivity index (χ0n) is 16.7. The Morgan fingerprint density at radius 1 is 1.33 bits per heavy atom. The lowest BCUT2D eigenvalue weighted by atomic mass is 10.1. The number of aromatic nitrogens is 1. The van der Waals surface area contributed by atoms with Crippen LogP contribution in [0.1, 0.15) is 28.9 Å². The van der Waals surface area contributed by atoms with Crippen LogP contribution >= 0.6 is 11.8 Å². The van der Waals surface area contributed by atoms with Crippen molar-refractivity contribution in [2.24, 2.45) is 11.6 Å². The van der Waals surface area contributed by atoms with E-state index in [0.29, 0.717) is 60.3 Å². The Kier molecular flexibility index (Phi) is 6.91. The number of benzene rings is 1. The van der Waals surface area contributed by atoms with Gasteiger partial charge in [-0.3, -0.25) is 10.6 Å². The highest BCUT2D eigenvalue weighted by Gasteiger charge is 2.28. The zero-order chi connectivity index (χ0) is 21.7. The Labute approximate surface area is 180 Å². The molecule has 1 amide bonds. The van der Waals surface area contributed by atoms with Gasteiger partial charge in [-0.2, -0.15) is 5.26 Å². The van der Waals surface area contributed by atoms with Crippen LogP contribution in [0.15, 0.2) is 35.4 Å². The highest BCUT2D eigenvalue weighted by atomic mass is 32.2. The van der Waals surface area contributed by atoms with Crippen LogP contribution in [0.25, 0.3) is 4.85 Å². The second kappa shape index (κ2) is 9.59. The van der Waals surface area contributed by atoms with E-state index in [1.807, 2.05) is 42.2 Å². The van der Waals surface area contributed by atoms with Gasteiger partial charge >= 0.3 is 0 Å². The molecule has 2 aromatic rings. The molecule has 0 radical (unpaired) electrons. The Balaban J connectivity index is 2.11. The average molecular weight is 422 g/mol. The molecule has 1 aromatic heterocycles. The summed E-state index contributed by atoms with van der Waals surface area (Å²) in [6.45, 7) is 12.2. The molecule has 1 atom stereocenters. The highest BCUT2D eigenvalue weighted by molar-refractivity contribution is 8.00. The molecule has 1 fully saturated rings. The molecule has 1 aromatic carbocycles. The standard InChI is InChI=1S/C21H23N7OS/c1-3-15-16(13-22)21(30-18(19(23)29)14-7-5-4-6-8-14)26-20(17(15)25-2)27-9-11-28(24)12-10-27/h4-8,18H,3,9-12,24H2,1H3,(H2,23,29). The summed E-state index contributed by atoms with van der Waals surface area (Å²) in [6.07, 6.45) is 0.507. The molecule has 30 heavy (non-hydrogen) atoms. The number of hydrogen-bond acceptors (Lipinski definition) is 7. The molecule has 1 aliphatic rings. The monoisotopic (exact) mass is 421 g/mol. The second-order valence-corrected chi connectivity index (χ2v) is 7.95. The van der Waals surface area contributed by atoms with Crippen LogP contribution in [0.5, 0.6) is 0 Å². The van der Waals surface area contributed by atoms with Crippen LogP contribution in [0.3, 0.4) is 0 Å². The Bertz CT molecular complexity index is 1000. The minimum atomic E-state index is -0.692. The van der Waals surface area contributed by atoms with Gasteiger partial charge in [0.1, 0.15) is 22.2 Å². The van der Waals surface area contributed by atoms with Gasteiger partial charge in [0, 0.05) is 26.2 Å². The van der Waals surface area contributed by atoms with Gasteiger partial charge < -0.3 is 10.6 Å². The molecule has 9 heteroatoms. The maximum absolute atomic E-state index is 12.2. The van der Waals surface area contributed by atoms with Crippen LogP contribution in [0, 0.1) is 17.9 Å². The van der Waals surface area contributed by atoms with Crippen molar-refractivity contribution in [3.8, 4) is 6.07 Å². The number of anilines is 1. The van der Waals surface area contributed by atoms with E-state index in [4.69, 9.17) is 23.1 Å². The van der Waals surface area contributed by atoms with Gasteiger partial charge in [0.25, 0.3) is 0 Å². The molecule has 0 aliphatic carbocycles. The molecule has 2 heterocycles. The summed E-state index contributed by atoms with van der Waals surface area (Å²) in [5, 5.41) is 11.3. The first-order valence-corrected chi connectivity index (χ1v) is 10.5. The van der Waals surface area contributed by atoms with Crippen molar-refractivity contribution in [2.45, 2.75) is 23.6 Å². The summed E-state index contributed by atoms with van der Waals surface area (Å²) in [6, 6.07) is 11.4. The maximum Gasteiger partial charge on any atom is 0.235 e. The highest BCUT2D eigenvalue weighted by Crippen LogP contribution is 2.42. The van der Waals surface area contributed by atoms with Crippen molar-refractivity contribution < 1.29 is 4.79 Å². The number of primary amides is 1. The fourth-order valence-corrected chi connectivity index (χ4v) is 4.49. The Morgan fingerprint density at radius 3 is 2.53 bits per heavy atom. The van der Waals surface area contributed by atoms with E-state index in [1.54, 1.807) is 5.01 Å². The quantitative estimate of drug-likeness (QED) is 0.418. The first-order valence-electron chi connectivity index (χ1n) is 9.60. The average Bonchev–Trinajstić information content (AvgIpc) is 2.77. The third-order valence-corrected chi connectivity index (χ3v) is 6.26. The molecule has 154 valence electrons. The molecule has 0 spiro atoms. The number of nitrogens with zero attached hydrogens (tertiary/aromatic N) is 5. The van der Waals surface area contributed by atoms with Crippen molar-refractivity contribution in [3.63, 3.8) is 0 Å². The van der Waals surface area contributed by atoms with Gasteiger partial charge in [0.15, 0.2) is 0 Å². The van der Waals surface area contributed by atoms with Crippen molar-refractivity contribution in [2.75, 3.05) is 31.1 Å². The summed E-state index contributed by atoms with van der Waals surface area (Å²) in [5.41, 5.74) is 7.79. The number of pyridine rings is 1. The topological polar surface area (TPSA) is 117 Å². The first-order chi connectivity index (χ1) is 14.5. The van der Waals surface area contributed by atoms with E-state index in [9.17, 15) is 10.1 Å². The number of carbonyl (C=O) groups excluding carboxylic acids is 1. The Morgan fingerprint density at radius 2 is 2.00 bits per heavy atom. The number of thioether (sulfide) groups is 1. The van der Waals surface area contributed by atoms with E-state index in [2.05, 4.69) is 10.9 Å². The van der Waals surface area contributed by atoms with Crippen LogP contribution in [0.2, 0.25) is 0 Å². The summed E-state index contributed by atoms with van der Waals surface area (Å²) >= 11 is 1.16. The molecule has 0 bridgehead atoms. The van der Waals surface area contributed by atoms with Gasteiger partial charge in [0.2, 0.25) is 11.6 Å².